The van der Waals surface area contributed by atoms with Gasteiger partial charge in [0, 0.05) is 11.9 Å². The monoisotopic (exact) mass is 364 g/mol. The van der Waals surface area contributed by atoms with Gasteiger partial charge in [-0.25, -0.2) is 14.5 Å². The second kappa shape index (κ2) is 4.78. The maximum absolute atomic E-state index is 12.9. The molecule has 4 heterocycles. The zero-order chi connectivity index (χ0) is 17.3. The van der Waals surface area contributed by atoms with Crippen LogP contribution >= 0.6 is 11.3 Å². The first-order valence-corrected chi connectivity index (χ1v) is 8.51. The van der Waals surface area contributed by atoms with Crippen LogP contribution in [0.4, 0.5) is 13.2 Å². The third-order valence-electron chi connectivity index (χ3n) is 4.44. The van der Waals surface area contributed by atoms with Gasteiger partial charge < -0.3 is 0 Å². The molecule has 10 heteroatoms. The SMILES string of the molecule is Cn1nc(C(F)(F)F)cc1-c1nc2c3c4c(sc3ncn2n1)CCC4. The van der Waals surface area contributed by atoms with Gasteiger partial charge in [0.05, 0.1) is 5.39 Å². The Balaban J connectivity index is 1.74. The molecule has 4 aromatic heterocycles. The molecule has 0 radical (unpaired) electrons. The van der Waals surface area contributed by atoms with E-state index in [0.717, 1.165) is 40.2 Å². The van der Waals surface area contributed by atoms with Gasteiger partial charge in [-0.2, -0.15) is 18.3 Å². The van der Waals surface area contributed by atoms with Crippen molar-refractivity contribution in [3.05, 3.63) is 28.5 Å². The lowest BCUT2D eigenvalue weighted by Crippen LogP contribution is -2.06. The second-order valence-corrected chi connectivity index (χ2v) is 7.11. The van der Waals surface area contributed by atoms with Gasteiger partial charge in [-0.05, 0) is 30.9 Å². The Morgan fingerprint density at radius 3 is 2.80 bits per heavy atom. The van der Waals surface area contributed by atoms with Crippen LogP contribution < -0.4 is 0 Å². The molecule has 1 aliphatic carbocycles. The van der Waals surface area contributed by atoms with Crippen molar-refractivity contribution in [3.8, 4) is 11.5 Å². The lowest BCUT2D eigenvalue weighted by atomic mass is 10.2. The van der Waals surface area contributed by atoms with Crippen molar-refractivity contribution < 1.29 is 13.2 Å². The molecule has 128 valence electrons. The summed E-state index contributed by atoms with van der Waals surface area (Å²) in [6.45, 7) is 0. The van der Waals surface area contributed by atoms with E-state index in [4.69, 9.17) is 0 Å². The molecular weight excluding hydrogens is 353 g/mol. The van der Waals surface area contributed by atoms with E-state index < -0.39 is 11.9 Å². The number of nitrogens with zero attached hydrogens (tertiary/aromatic N) is 6. The van der Waals surface area contributed by atoms with Crippen molar-refractivity contribution in [1.29, 1.82) is 0 Å². The van der Waals surface area contributed by atoms with E-state index in [1.54, 1.807) is 17.7 Å². The topological polar surface area (TPSA) is 60.9 Å². The quantitative estimate of drug-likeness (QED) is 0.520. The smallest absolute Gasteiger partial charge is 0.264 e. The molecule has 0 fully saturated rings. The van der Waals surface area contributed by atoms with Crippen molar-refractivity contribution >= 4 is 27.2 Å². The van der Waals surface area contributed by atoms with Crippen molar-refractivity contribution in [1.82, 2.24) is 29.4 Å². The van der Waals surface area contributed by atoms with Crippen LogP contribution in [-0.4, -0.2) is 29.4 Å². The van der Waals surface area contributed by atoms with E-state index in [2.05, 4.69) is 20.2 Å². The molecule has 0 atom stereocenters. The fourth-order valence-corrected chi connectivity index (χ4v) is 4.54. The molecule has 0 spiro atoms. The molecule has 0 aliphatic heterocycles. The van der Waals surface area contributed by atoms with Crippen LogP contribution in [0.2, 0.25) is 0 Å². The van der Waals surface area contributed by atoms with E-state index >= 15 is 0 Å². The Morgan fingerprint density at radius 2 is 2.04 bits per heavy atom. The van der Waals surface area contributed by atoms with E-state index in [1.165, 1.54) is 22.0 Å². The normalized spacial score (nSPS) is 14.7. The molecule has 0 unspecified atom stereocenters. The number of aryl methyl sites for hydroxylation is 3. The van der Waals surface area contributed by atoms with E-state index in [0.29, 0.717) is 5.65 Å². The van der Waals surface area contributed by atoms with Crippen molar-refractivity contribution in [2.45, 2.75) is 25.4 Å². The van der Waals surface area contributed by atoms with Gasteiger partial charge in [-0.1, -0.05) is 0 Å². The Kier molecular flexibility index (Phi) is 2.83. The number of alkyl halides is 3. The summed E-state index contributed by atoms with van der Waals surface area (Å²) in [4.78, 5) is 11.2. The maximum atomic E-state index is 12.9. The molecule has 0 N–H and O–H groups in total. The fourth-order valence-electron chi connectivity index (χ4n) is 3.32. The van der Waals surface area contributed by atoms with Crippen LogP contribution in [0, 0.1) is 0 Å². The molecule has 25 heavy (non-hydrogen) atoms. The first-order chi connectivity index (χ1) is 11.9. The minimum Gasteiger partial charge on any atom is -0.264 e. The molecule has 4 aromatic rings. The van der Waals surface area contributed by atoms with Gasteiger partial charge in [0.25, 0.3) is 0 Å². The molecule has 0 saturated heterocycles. The number of aromatic nitrogens is 6. The molecule has 6 nitrogen and oxygen atoms in total. The average Bonchev–Trinajstić information content (AvgIpc) is 3.25. The molecule has 5 rings (SSSR count). The van der Waals surface area contributed by atoms with Crippen LogP contribution in [0.15, 0.2) is 12.4 Å². The predicted molar refractivity (Wildman–Crippen MR) is 85.4 cm³/mol. The lowest BCUT2D eigenvalue weighted by Gasteiger charge is -1.98. The summed E-state index contributed by atoms with van der Waals surface area (Å²) in [5.41, 5.74) is 1.15. The van der Waals surface area contributed by atoms with Gasteiger partial charge in [-0.15, -0.1) is 16.4 Å². The molecular formula is C15H11F3N6S. The lowest BCUT2D eigenvalue weighted by molar-refractivity contribution is -0.141. The van der Waals surface area contributed by atoms with Crippen LogP contribution in [0.3, 0.4) is 0 Å². The number of halogens is 3. The Labute approximate surface area is 142 Å². The van der Waals surface area contributed by atoms with Crippen LogP contribution in [0.25, 0.3) is 27.4 Å². The summed E-state index contributed by atoms with van der Waals surface area (Å²) >= 11 is 1.66. The van der Waals surface area contributed by atoms with Crippen LogP contribution in [0.5, 0.6) is 0 Å². The number of rotatable bonds is 1. The van der Waals surface area contributed by atoms with Gasteiger partial charge >= 0.3 is 6.18 Å². The highest BCUT2D eigenvalue weighted by atomic mass is 32.1. The van der Waals surface area contributed by atoms with Crippen LogP contribution in [-0.2, 0) is 26.1 Å². The Bertz CT molecular complexity index is 1140. The molecule has 0 bridgehead atoms. The summed E-state index contributed by atoms with van der Waals surface area (Å²) in [6.07, 6.45) is 0.178. The zero-order valence-corrected chi connectivity index (χ0v) is 13.8. The van der Waals surface area contributed by atoms with Gasteiger partial charge in [-0.3, -0.25) is 4.68 Å². The van der Waals surface area contributed by atoms with Crippen molar-refractivity contribution in [2.75, 3.05) is 0 Å². The summed E-state index contributed by atoms with van der Waals surface area (Å²) in [6, 6.07) is 0.970. The Morgan fingerprint density at radius 1 is 1.20 bits per heavy atom. The summed E-state index contributed by atoms with van der Waals surface area (Å²) in [5.74, 6) is 0.206. The number of hydrogen-bond donors (Lipinski definition) is 0. The number of fused-ring (bicyclic) bond motifs is 5. The first-order valence-electron chi connectivity index (χ1n) is 7.69. The average molecular weight is 364 g/mol. The summed E-state index contributed by atoms with van der Waals surface area (Å²) < 4.78 is 41.3. The largest absolute Gasteiger partial charge is 0.435 e. The Hall–Kier alpha value is -2.49. The highest BCUT2D eigenvalue weighted by molar-refractivity contribution is 7.19. The number of hydrogen-bond acceptors (Lipinski definition) is 5. The third-order valence-corrected chi connectivity index (χ3v) is 5.64. The molecule has 0 aromatic carbocycles. The molecule has 1 aliphatic rings. The van der Waals surface area contributed by atoms with Gasteiger partial charge in [0.2, 0.25) is 0 Å². The summed E-state index contributed by atoms with van der Waals surface area (Å²) in [5, 5.41) is 8.81. The minimum atomic E-state index is -4.50. The predicted octanol–water partition coefficient (Wildman–Crippen LogP) is 3.25. The summed E-state index contributed by atoms with van der Waals surface area (Å²) in [7, 11) is 1.45. The third kappa shape index (κ3) is 2.10. The van der Waals surface area contributed by atoms with Crippen molar-refractivity contribution in [2.24, 2.45) is 7.05 Å². The molecule has 0 saturated carbocycles. The standard InChI is InChI=1S/C15H11F3N6S/c1-23-8(5-10(21-23)15(16,17)18)12-20-13-11-7-3-2-4-9(7)25-14(11)19-6-24(13)22-12/h5-6H,2-4H2,1H3. The highest BCUT2D eigenvalue weighted by Crippen LogP contribution is 2.38. The van der Waals surface area contributed by atoms with E-state index in [9.17, 15) is 13.2 Å². The molecule has 0 amide bonds. The van der Waals surface area contributed by atoms with E-state index in [-0.39, 0.29) is 11.5 Å². The van der Waals surface area contributed by atoms with Gasteiger partial charge in [0.1, 0.15) is 16.9 Å². The van der Waals surface area contributed by atoms with Crippen molar-refractivity contribution in [3.63, 3.8) is 0 Å². The fraction of sp³-hybridized carbons (Fsp3) is 0.333. The van der Waals surface area contributed by atoms with E-state index in [1.807, 2.05) is 0 Å². The zero-order valence-electron chi connectivity index (χ0n) is 13.0. The van der Waals surface area contributed by atoms with Gasteiger partial charge in [0.15, 0.2) is 17.2 Å². The highest BCUT2D eigenvalue weighted by Gasteiger charge is 2.35. The minimum absolute atomic E-state index is 0.206. The van der Waals surface area contributed by atoms with Crippen LogP contribution in [0.1, 0.15) is 22.6 Å². The maximum Gasteiger partial charge on any atom is 0.435 e. The number of thiophene rings is 1. The second-order valence-electron chi connectivity index (χ2n) is 6.02. The first kappa shape index (κ1) is 14.8.